The Morgan fingerprint density at radius 3 is 2.54 bits per heavy atom. The van der Waals surface area contributed by atoms with Crippen molar-refractivity contribution in [2.45, 2.75) is 18.5 Å². The lowest BCUT2D eigenvalue weighted by atomic mass is 9.98. The molecule has 1 amide bonds. The van der Waals surface area contributed by atoms with Crippen LogP contribution in [0.2, 0.25) is 0 Å². The average Bonchev–Trinajstić information content (AvgIpc) is 2.62. The third kappa shape index (κ3) is 4.58. The predicted octanol–water partition coefficient (Wildman–Crippen LogP) is 3.13. The highest BCUT2D eigenvalue weighted by atomic mass is 32.2. The molecule has 3 rings (SSSR count). The molecule has 2 N–H and O–H groups in total. The van der Waals surface area contributed by atoms with Gasteiger partial charge in [-0.2, -0.15) is 11.8 Å². The molecule has 0 spiro atoms. The maximum Gasteiger partial charge on any atom is 0.222 e. The SMILES string of the molecule is O=C(CC1CSCCN1)NC(c1ccccc1)c1ccc(F)cc1. The van der Waals surface area contributed by atoms with Crippen LogP contribution in [0.1, 0.15) is 23.6 Å². The lowest BCUT2D eigenvalue weighted by Gasteiger charge is -2.25. The van der Waals surface area contributed by atoms with Gasteiger partial charge < -0.3 is 10.6 Å². The summed E-state index contributed by atoms with van der Waals surface area (Å²) in [6.07, 6.45) is 0.456. The number of nitrogens with one attached hydrogen (secondary N) is 2. The number of amides is 1. The minimum atomic E-state index is -0.277. The fraction of sp³-hybridized carbons (Fsp3) is 0.316. The third-order valence-electron chi connectivity index (χ3n) is 4.07. The van der Waals surface area contributed by atoms with Crippen molar-refractivity contribution in [3.05, 3.63) is 71.5 Å². The van der Waals surface area contributed by atoms with Crippen molar-refractivity contribution < 1.29 is 9.18 Å². The summed E-state index contributed by atoms with van der Waals surface area (Å²) in [5.41, 5.74) is 1.87. The molecule has 0 bridgehead atoms. The summed E-state index contributed by atoms with van der Waals surface area (Å²) in [5.74, 6) is 1.79. The van der Waals surface area contributed by atoms with Crippen LogP contribution in [0, 0.1) is 5.82 Å². The molecule has 2 aromatic carbocycles. The Hall–Kier alpha value is -1.85. The van der Waals surface area contributed by atoms with Gasteiger partial charge in [-0.05, 0) is 23.3 Å². The van der Waals surface area contributed by atoms with E-state index in [9.17, 15) is 9.18 Å². The topological polar surface area (TPSA) is 41.1 Å². The molecule has 1 fully saturated rings. The molecule has 1 aliphatic heterocycles. The Morgan fingerprint density at radius 2 is 1.88 bits per heavy atom. The minimum absolute atomic E-state index is 0.00757. The zero-order chi connectivity index (χ0) is 16.8. The molecule has 3 nitrogen and oxygen atoms in total. The largest absolute Gasteiger partial charge is 0.345 e. The number of thioether (sulfide) groups is 1. The van der Waals surface area contributed by atoms with Crippen molar-refractivity contribution in [3.8, 4) is 0 Å². The highest BCUT2D eigenvalue weighted by Gasteiger charge is 2.21. The van der Waals surface area contributed by atoms with Crippen molar-refractivity contribution in [1.82, 2.24) is 10.6 Å². The summed E-state index contributed by atoms with van der Waals surface area (Å²) in [6, 6.07) is 16.0. The van der Waals surface area contributed by atoms with Gasteiger partial charge in [0.15, 0.2) is 0 Å². The Bertz CT molecular complexity index is 657. The van der Waals surface area contributed by atoms with E-state index in [0.717, 1.165) is 29.2 Å². The first-order valence-corrected chi connectivity index (χ1v) is 9.29. The van der Waals surface area contributed by atoms with Crippen LogP contribution in [0.25, 0.3) is 0 Å². The molecule has 2 unspecified atom stereocenters. The quantitative estimate of drug-likeness (QED) is 0.876. The average molecular weight is 344 g/mol. The molecular weight excluding hydrogens is 323 g/mol. The van der Waals surface area contributed by atoms with Gasteiger partial charge in [0, 0.05) is 30.5 Å². The van der Waals surface area contributed by atoms with Gasteiger partial charge in [-0.1, -0.05) is 42.5 Å². The van der Waals surface area contributed by atoms with E-state index >= 15 is 0 Å². The van der Waals surface area contributed by atoms with Crippen LogP contribution in [-0.2, 0) is 4.79 Å². The maximum absolute atomic E-state index is 13.2. The summed E-state index contributed by atoms with van der Waals surface area (Å²) < 4.78 is 13.2. The molecule has 0 aromatic heterocycles. The minimum Gasteiger partial charge on any atom is -0.345 e. The van der Waals surface area contributed by atoms with Gasteiger partial charge >= 0.3 is 0 Å². The third-order valence-corrected chi connectivity index (χ3v) is 5.20. The standard InChI is InChI=1S/C19H21FN2OS/c20-16-8-6-15(7-9-16)19(14-4-2-1-3-5-14)22-18(23)12-17-13-24-11-10-21-17/h1-9,17,19,21H,10-13H2,(H,22,23). The van der Waals surface area contributed by atoms with E-state index in [-0.39, 0.29) is 23.8 Å². The van der Waals surface area contributed by atoms with Gasteiger partial charge in [-0.3, -0.25) is 4.79 Å². The van der Waals surface area contributed by atoms with Crippen LogP contribution in [0.3, 0.4) is 0 Å². The van der Waals surface area contributed by atoms with E-state index in [2.05, 4.69) is 10.6 Å². The van der Waals surface area contributed by atoms with E-state index in [4.69, 9.17) is 0 Å². The molecule has 1 saturated heterocycles. The summed E-state index contributed by atoms with van der Waals surface area (Å²) >= 11 is 1.87. The van der Waals surface area contributed by atoms with Crippen molar-refractivity contribution >= 4 is 17.7 Å². The molecule has 1 heterocycles. The molecule has 2 atom stereocenters. The fourth-order valence-electron chi connectivity index (χ4n) is 2.85. The van der Waals surface area contributed by atoms with Crippen molar-refractivity contribution in [2.75, 3.05) is 18.1 Å². The summed E-state index contributed by atoms with van der Waals surface area (Å²) in [5, 5.41) is 6.48. The Labute approximate surface area is 146 Å². The van der Waals surface area contributed by atoms with E-state index in [1.54, 1.807) is 12.1 Å². The summed E-state index contributed by atoms with van der Waals surface area (Å²) in [7, 11) is 0. The predicted molar refractivity (Wildman–Crippen MR) is 96.6 cm³/mol. The molecular formula is C19H21FN2OS. The molecule has 2 aromatic rings. The molecule has 0 radical (unpaired) electrons. The normalized spacial score (nSPS) is 18.8. The van der Waals surface area contributed by atoms with Crippen molar-refractivity contribution in [3.63, 3.8) is 0 Å². The lowest BCUT2D eigenvalue weighted by Crippen LogP contribution is -2.42. The Balaban J connectivity index is 1.74. The number of carbonyl (C=O) groups is 1. The Morgan fingerprint density at radius 1 is 1.17 bits per heavy atom. The summed E-state index contributed by atoms with van der Waals surface area (Å²) in [4.78, 5) is 12.5. The monoisotopic (exact) mass is 344 g/mol. The van der Waals surface area contributed by atoms with Crippen LogP contribution in [0.15, 0.2) is 54.6 Å². The van der Waals surface area contributed by atoms with Crippen LogP contribution >= 0.6 is 11.8 Å². The second-order valence-electron chi connectivity index (χ2n) is 5.89. The number of rotatable bonds is 5. The first kappa shape index (κ1) is 17.0. The van der Waals surface area contributed by atoms with Crippen LogP contribution in [0.5, 0.6) is 0 Å². The fourth-order valence-corrected chi connectivity index (χ4v) is 3.80. The smallest absolute Gasteiger partial charge is 0.222 e. The van der Waals surface area contributed by atoms with Crippen molar-refractivity contribution in [1.29, 1.82) is 0 Å². The Kier molecular flexibility index (Phi) is 5.88. The lowest BCUT2D eigenvalue weighted by molar-refractivity contribution is -0.122. The molecule has 0 aliphatic carbocycles. The highest BCUT2D eigenvalue weighted by molar-refractivity contribution is 7.99. The van der Waals surface area contributed by atoms with Gasteiger partial charge in [0.25, 0.3) is 0 Å². The van der Waals surface area contributed by atoms with Crippen molar-refractivity contribution in [2.24, 2.45) is 0 Å². The molecule has 1 aliphatic rings. The van der Waals surface area contributed by atoms with E-state index in [1.165, 1.54) is 12.1 Å². The molecule has 24 heavy (non-hydrogen) atoms. The molecule has 5 heteroatoms. The number of carbonyl (C=O) groups excluding carboxylic acids is 1. The maximum atomic E-state index is 13.2. The zero-order valence-electron chi connectivity index (χ0n) is 13.4. The van der Waals surface area contributed by atoms with Crippen LogP contribution in [0.4, 0.5) is 4.39 Å². The number of halogens is 1. The van der Waals surface area contributed by atoms with E-state index in [0.29, 0.717) is 6.42 Å². The van der Waals surface area contributed by atoms with E-state index < -0.39 is 0 Å². The van der Waals surface area contributed by atoms with Gasteiger partial charge in [-0.15, -0.1) is 0 Å². The summed E-state index contributed by atoms with van der Waals surface area (Å²) in [6.45, 7) is 0.947. The van der Waals surface area contributed by atoms with Gasteiger partial charge in [0.1, 0.15) is 5.82 Å². The number of hydrogen-bond donors (Lipinski definition) is 2. The number of hydrogen-bond acceptors (Lipinski definition) is 3. The second kappa shape index (κ2) is 8.31. The molecule has 0 saturated carbocycles. The first-order valence-electron chi connectivity index (χ1n) is 8.13. The van der Waals surface area contributed by atoms with Gasteiger partial charge in [-0.25, -0.2) is 4.39 Å². The number of benzene rings is 2. The van der Waals surface area contributed by atoms with Gasteiger partial charge in [0.2, 0.25) is 5.91 Å². The molecule has 126 valence electrons. The van der Waals surface area contributed by atoms with Crippen LogP contribution in [-0.4, -0.2) is 30.0 Å². The zero-order valence-corrected chi connectivity index (χ0v) is 14.2. The first-order chi connectivity index (χ1) is 11.7. The van der Waals surface area contributed by atoms with E-state index in [1.807, 2.05) is 42.1 Å². The van der Waals surface area contributed by atoms with Crippen LogP contribution < -0.4 is 10.6 Å². The second-order valence-corrected chi connectivity index (χ2v) is 7.04. The van der Waals surface area contributed by atoms with Gasteiger partial charge in [0.05, 0.1) is 6.04 Å². The highest BCUT2D eigenvalue weighted by Crippen LogP contribution is 2.22.